The van der Waals surface area contributed by atoms with Crippen molar-refractivity contribution in [1.82, 2.24) is 15.8 Å². The zero-order valence-corrected chi connectivity index (χ0v) is 20.7. The predicted octanol–water partition coefficient (Wildman–Crippen LogP) is 4.87. The Morgan fingerprint density at radius 1 is 0.857 bits per heavy atom. The van der Waals surface area contributed by atoms with Crippen molar-refractivity contribution in [3.05, 3.63) is 69.4 Å². The SMILES string of the molecule is O=C(NNC(=O)C1CCN(C(=O)c2cccc3ccccc23)CC1)c1cc2c(s1)CCCCCC2. The Bertz CT molecular complexity index is 1210. The van der Waals surface area contributed by atoms with E-state index in [-0.39, 0.29) is 23.6 Å². The smallest absolute Gasteiger partial charge is 0.279 e. The van der Waals surface area contributed by atoms with Gasteiger partial charge in [-0.25, -0.2) is 0 Å². The molecule has 3 amide bonds. The number of carbonyl (C=O) groups excluding carboxylic acids is 3. The molecule has 0 unspecified atom stereocenters. The summed E-state index contributed by atoms with van der Waals surface area (Å²) < 4.78 is 0. The number of nitrogens with one attached hydrogen (secondary N) is 2. The van der Waals surface area contributed by atoms with Gasteiger partial charge >= 0.3 is 0 Å². The standard InChI is InChI=1S/C28H31N3O3S/c32-26(29-30-27(33)25-18-21-9-3-1-2-4-13-24(21)35-25)20-14-16-31(17-15-20)28(34)23-12-7-10-19-8-5-6-11-22(19)23/h5-8,10-12,18,20H,1-4,9,13-17H2,(H,29,32)(H,30,33). The number of nitrogens with zero attached hydrogens (tertiary/aromatic N) is 1. The summed E-state index contributed by atoms with van der Waals surface area (Å²) in [6.07, 6.45) is 8.06. The van der Waals surface area contributed by atoms with E-state index in [1.165, 1.54) is 36.1 Å². The van der Waals surface area contributed by atoms with Crippen LogP contribution in [0, 0.1) is 5.92 Å². The van der Waals surface area contributed by atoms with Gasteiger partial charge in [0, 0.05) is 29.4 Å². The molecule has 6 nitrogen and oxygen atoms in total. The fraction of sp³-hybridized carbons (Fsp3) is 0.393. The molecule has 182 valence electrons. The molecule has 2 heterocycles. The third-order valence-corrected chi connectivity index (χ3v) is 8.43. The first-order valence-electron chi connectivity index (χ1n) is 12.6. The average molecular weight is 490 g/mol. The van der Waals surface area contributed by atoms with E-state index in [0.717, 1.165) is 23.6 Å². The van der Waals surface area contributed by atoms with Crippen molar-refractivity contribution in [2.45, 2.75) is 51.4 Å². The van der Waals surface area contributed by atoms with Gasteiger partial charge in [0.1, 0.15) is 0 Å². The first-order chi connectivity index (χ1) is 17.1. The molecule has 7 heteroatoms. The molecule has 3 aromatic rings. The van der Waals surface area contributed by atoms with Crippen LogP contribution in [0.1, 0.15) is 69.0 Å². The van der Waals surface area contributed by atoms with Crippen molar-refractivity contribution in [3.63, 3.8) is 0 Å². The van der Waals surface area contributed by atoms with Crippen LogP contribution in [-0.2, 0) is 17.6 Å². The second kappa shape index (κ2) is 10.6. The van der Waals surface area contributed by atoms with Gasteiger partial charge in [0.15, 0.2) is 0 Å². The lowest BCUT2D eigenvalue weighted by molar-refractivity contribution is -0.127. The molecule has 0 radical (unpaired) electrons. The number of hydrogen-bond donors (Lipinski definition) is 2. The summed E-state index contributed by atoms with van der Waals surface area (Å²) in [5.41, 5.74) is 7.21. The quantitative estimate of drug-likeness (QED) is 0.515. The fourth-order valence-electron chi connectivity index (χ4n) is 5.17. The molecule has 1 saturated heterocycles. The Morgan fingerprint density at radius 3 is 2.43 bits per heavy atom. The van der Waals surface area contributed by atoms with Crippen molar-refractivity contribution < 1.29 is 14.4 Å². The number of piperidine rings is 1. The van der Waals surface area contributed by atoms with Gasteiger partial charge in [-0.05, 0) is 67.0 Å². The normalized spacial score (nSPS) is 16.7. The number of carbonyl (C=O) groups is 3. The molecule has 1 aromatic heterocycles. The minimum absolute atomic E-state index is 0.00206. The summed E-state index contributed by atoms with van der Waals surface area (Å²) >= 11 is 1.55. The summed E-state index contributed by atoms with van der Waals surface area (Å²) in [6, 6.07) is 15.7. The van der Waals surface area contributed by atoms with E-state index >= 15 is 0 Å². The Labute approximate surface area is 209 Å². The van der Waals surface area contributed by atoms with E-state index < -0.39 is 0 Å². The van der Waals surface area contributed by atoms with Gasteiger partial charge in [-0.15, -0.1) is 11.3 Å². The van der Waals surface area contributed by atoms with Crippen LogP contribution in [0.3, 0.4) is 0 Å². The van der Waals surface area contributed by atoms with Crippen molar-refractivity contribution in [1.29, 1.82) is 0 Å². The molecular formula is C28H31N3O3S. The number of aryl methyl sites for hydroxylation is 2. The fourth-order valence-corrected chi connectivity index (χ4v) is 6.31. The summed E-state index contributed by atoms with van der Waals surface area (Å²) in [4.78, 5) is 42.3. The first kappa shape index (κ1) is 23.5. The van der Waals surface area contributed by atoms with E-state index in [9.17, 15) is 14.4 Å². The van der Waals surface area contributed by atoms with Crippen LogP contribution in [-0.4, -0.2) is 35.7 Å². The highest BCUT2D eigenvalue weighted by Gasteiger charge is 2.29. The highest BCUT2D eigenvalue weighted by molar-refractivity contribution is 7.14. The van der Waals surface area contributed by atoms with E-state index in [1.807, 2.05) is 53.4 Å². The van der Waals surface area contributed by atoms with Gasteiger partial charge in [0.25, 0.3) is 11.8 Å². The molecule has 0 spiro atoms. The van der Waals surface area contributed by atoms with Crippen LogP contribution in [0.5, 0.6) is 0 Å². The summed E-state index contributed by atoms with van der Waals surface area (Å²) in [7, 11) is 0. The minimum Gasteiger partial charge on any atom is -0.339 e. The van der Waals surface area contributed by atoms with E-state index in [1.54, 1.807) is 11.3 Å². The Hall–Kier alpha value is -3.19. The summed E-state index contributed by atoms with van der Waals surface area (Å²) in [5.74, 6) is -0.665. The zero-order chi connectivity index (χ0) is 24.2. The molecule has 2 aliphatic rings. The third-order valence-electron chi connectivity index (χ3n) is 7.19. The molecule has 0 atom stereocenters. The van der Waals surface area contributed by atoms with Gasteiger partial charge in [-0.2, -0.15) is 0 Å². The van der Waals surface area contributed by atoms with Gasteiger partial charge < -0.3 is 4.90 Å². The number of hydrogen-bond acceptors (Lipinski definition) is 4. The highest BCUT2D eigenvalue weighted by atomic mass is 32.1. The van der Waals surface area contributed by atoms with Crippen molar-refractivity contribution in [2.24, 2.45) is 5.92 Å². The first-order valence-corrected chi connectivity index (χ1v) is 13.4. The van der Waals surface area contributed by atoms with E-state index in [2.05, 4.69) is 10.9 Å². The lowest BCUT2D eigenvalue weighted by Crippen LogP contribution is -2.48. The third kappa shape index (κ3) is 5.25. The molecule has 0 bridgehead atoms. The van der Waals surface area contributed by atoms with Crippen LogP contribution >= 0.6 is 11.3 Å². The van der Waals surface area contributed by atoms with Crippen molar-refractivity contribution >= 4 is 39.8 Å². The number of rotatable bonds is 3. The van der Waals surface area contributed by atoms with Crippen molar-refractivity contribution in [2.75, 3.05) is 13.1 Å². The number of likely N-dealkylation sites (tertiary alicyclic amines) is 1. The van der Waals surface area contributed by atoms with E-state index in [0.29, 0.717) is 36.4 Å². The molecular weight excluding hydrogens is 458 g/mol. The molecule has 2 aromatic carbocycles. The van der Waals surface area contributed by atoms with Gasteiger partial charge in [0.05, 0.1) is 4.88 Å². The van der Waals surface area contributed by atoms with Crippen LogP contribution in [0.25, 0.3) is 10.8 Å². The van der Waals surface area contributed by atoms with Crippen LogP contribution in [0.2, 0.25) is 0 Å². The molecule has 1 fully saturated rings. The number of hydrazine groups is 1. The van der Waals surface area contributed by atoms with Crippen LogP contribution < -0.4 is 10.9 Å². The molecule has 2 N–H and O–H groups in total. The number of fused-ring (bicyclic) bond motifs is 2. The Kier molecular flexibility index (Phi) is 7.13. The topological polar surface area (TPSA) is 78.5 Å². The second-order valence-electron chi connectivity index (χ2n) is 9.51. The predicted molar refractivity (Wildman–Crippen MR) is 138 cm³/mol. The lowest BCUT2D eigenvalue weighted by Gasteiger charge is -2.31. The molecule has 5 rings (SSSR count). The average Bonchev–Trinajstić information content (AvgIpc) is 3.28. The maximum absolute atomic E-state index is 13.2. The maximum atomic E-state index is 13.2. The lowest BCUT2D eigenvalue weighted by atomic mass is 9.95. The van der Waals surface area contributed by atoms with Gasteiger partial charge in [0.2, 0.25) is 5.91 Å². The summed E-state index contributed by atoms with van der Waals surface area (Å²) in [6.45, 7) is 1.04. The monoisotopic (exact) mass is 489 g/mol. The summed E-state index contributed by atoms with van der Waals surface area (Å²) in [5, 5.41) is 1.99. The Balaban J connectivity index is 1.14. The molecule has 0 saturated carbocycles. The van der Waals surface area contributed by atoms with Crippen LogP contribution in [0.15, 0.2) is 48.5 Å². The second-order valence-corrected chi connectivity index (χ2v) is 10.6. The maximum Gasteiger partial charge on any atom is 0.279 e. The number of thiophene rings is 1. The zero-order valence-electron chi connectivity index (χ0n) is 19.8. The number of amides is 3. The molecule has 1 aliphatic heterocycles. The van der Waals surface area contributed by atoms with Crippen LogP contribution in [0.4, 0.5) is 0 Å². The number of benzene rings is 2. The molecule has 1 aliphatic carbocycles. The molecule has 35 heavy (non-hydrogen) atoms. The van der Waals surface area contributed by atoms with E-state index in [4.69, 9.17) is 0 Å². The Morgan fingerprint density at radius 2 is 1.60 bits per heavy atom. The van der Waals surface area contributed by atoms with Gasteiger partial charge in [-0.1, -0.05) is 49.2 Å². The largest absolute Gasteiger partial charge is 0.339 e. The minimum atomic E-state index is -0.251. The van der Waals surface area contributed by atoms with Crippen molar-refractivity contribution in [3.8, 4) is 0 Å². The van der Waals surface area contributed by atoms with Gasteiger partial charge in [-0.3, -0.25) is 25.2 Å². The highest BCUT2D eigenvalue weighted by Crippen LogP contribution is 2.28.